The average molecular weight is 414 g/mol. The molecule has 0 saturated carbocycles. The minimum absolute atomic E-state index is 0.0828. The molecule has 1 aromatic carbocycles. The average Bonchev–Trinajstić information content (AvgIpc) is 3.19. The Labute approximate surface area is 178 Å². The highest BCUT2D eigenvalue weighted by atomic mass is 19.1. The summed E-state index contributed by atoms with van der Waals surface area (Å²) in [6, 6.07) is 11.9. The van der Waals surface area contributed by atoms with Gasteiger partial charge in [0, 0.05) is 54.6 Å². The summed E-state index contributed by atoms with van der Waals surface area (Å²) >= 11 is 0. The monoisotopic (exact) mass is 414 g/mol. The molecule has 8 heteroatoms. The van der Waals surface area contributed by atoms with Gasteiger partial charge in [-0.3, -0.25) is 14.5 Å². The van der Waals surface area contributed by atoms with E-state index in [2.05, 4.69) is 15.0 Å². The molecule has 0 spiro atoms. The molecule has 3 aromatic heterocycles. The quantitative estimate of drug-likeness (QED) is 0.513. The van der Waals surface area contributed by atoms with E-state index in [0.717, 1.165) is 11.3 Å². The second kappa shape index (κ2) is 8.06. The molecule has 7 nitrogen and oxygen atoms in total. The first-order chi connectivity index (χ1) is 15.2. The Morgan fingerprint density at radius 1 is 1.03 bits per heavy atom. The third-order valence-electron chi connectivity index (χ3n) is 5.39. The molecule has 0 unspecified atom stereocenters. The number of nitrogens with zero attached hydrogens (tertiary/aromatic N) is 6. The van der Waals surface area contributed by atoms with Gasteiger partial charge in [-0.15, -0.1) is 0 Å². The molecular formula is C23H19FN6O. The summed E-state index contributed by atoms with van der Waals surface area (Å²) in [4.78, 5) is 27.5. The lowest BCUT2D eigenvalue weighted by atomic mass is 10.0. The molecular weight excluding hydrogens is 395 g/mol. The summed E-state index contributed by atoms with van der Waals surface area (Å²) in [7, 11) is 0. The maximum atomic E-state index is 14.3. The van der Waals surface area contributed by atoms with E-state index in [9.17, 15) is 9.18 Å². The molecule has 0 bridgehead atoms. The van der Waals surface area contributed by atoms with Crippen LogP contribution in [-0.2, 0) is 19.5 Å². The van der Waals surface area contributed by atoms with Crippen LogP contribution < -0.4 is 0 Å². The highest BCUT2D eigenvalue weighted by molar-refractivity contribution is 5.94. The summed E-state index contributed by atoms with van der Waals surface area (Å²) in [5.74, 6) is 0.135. The molecule has 4 aromatic rings. The number of amides is 1. The first-order valence-corrected chi connectivity index (χ1v) is 9.99. The predicted molar refractivity (Wildman–Crippen MR) is 111 cm³/mol. The number of pyridine rings is 1. The van der Waals surface area contributed by atoms with Crippen molar-refractivity contribution < 1.29 is 9.18 Å². The maximum absolute atomic E-state index is 14.3. The Morgan fingerprint density at radius 2 is 1.87 bits per heavy atom. The van der Waals surface area contributed by atoms with Crippen LogP contribution in [0.5, 0.6) is 0 Å². The van der Waals surface area contributed by atoms with Crippen molar-refractivity contribution in [3.8, 4) is 11.5 Å². The molecule has 4 heterocycles. The Morgan fingerprint density at radius 3 is 2.65 bits per heavy atom. The number of carbonyl (C=O) groups excluding carboxylic acids is 1. The van der Waals surface area contributed by atoms with Gasteiger partial charge in [0.15, 0.2) is 5.82 Å². The van der Waals surface area contributed by atoms with Crippen molar-refractivity contribution in [2.45, 2.75) is 19.5 Å². The zero-order chi connectivity index (χ0) is 21.2. The third-order valence-corrected chi connectivity index (χ3v) is 5.39. The molecule has 0 saturated heterocycles. The van der Waals surface area contributed by atoms with E-state index in [4.69, 9.17) is 5.10 Å². The van der Waals surface area contributed by atoms with E-state index < -0.39 is 0 Å². The molecule has 0 atom stereocenters. The van der Waals surface area contributed by atoms with Crippen LogP contribution in [0.1, 0.15) is 27.2 Å². The van der Waals surface area contributed by atoms with Crippen molar-refractivity contribution in [3.63, 3.8) is 0 Å². The lowest BCUT2D eigenvalue weighted by molar-refractivity contribution is 0.0733. The van der Waals surface area contributed by atoms with Gasteiger partial charge in [0.1, 0.15) is 11.5 Å². The van der Waals surface area contributed by atoms with Crippen LogP contribution in [0.25, 0.3) is 11.5 Å². The number of aromatic nitrogens is 5. The van der Waals surface area contributed by atoms with Gasteiger partial charge in [0.2, 0.25) is 0 Å². The zero-order valence-electron chi connectivity index (χ0n) is 16.6. The van der Waals surface area contributed by atoms with Gasteiger partial charge in [-0.1, -0.05) is 18.2 Å². The summed E-state index contributed by atoms with van der Waals surface area (Å²) in [6.45, 7) is 1.23. The fourth-order valence-electron chi connectivity index (χ4n) is 3.86. The standard InChI is InChI=1S/C23H19FN6O/c24-19-7-2-1-5-17(19)14-30-20-8-12-29(23(31)16-6-3-9-25-13-16)15-18(20)21(28-30)22-26-10-4-11-27-22/h1-7,9-11,13H,8,12,14-15H2. The van der Waals surface area contributed by atoms with Crippen molar-refractivity contribution in [2.24, 2.45) is 0 Å². The van der Waals surface area contributed by atoms with E-state index in [1.54, 1.807) is 60.0 Å². The lowest BCUT2D eigenvalue weighted by Crippen LogP contribution is -2.36. The number of hydrogen-bond acceptors (Lipinski definition) is 5. The van der Waals surface area contributed by atoms with Crippen molar-refractivity contribution in [2.75, 3.05) is 6.54 Å². The molecule has 1 aliphatic heterocycles. The Kier molecular flexibility index (Phi) is 4.95. The Balaban J connectivity index is 1.53. The highest BCUT2D eigenvalue weighted by Crippen LogP contribution is 2.29. The number of fused-ring (bicyclic) bond motifs is 1. The van der Waals surface area contributed by atoms with Gasteiger partial charge in [0.05, 0.1) is 18.7 Å². The predicted octanol–water partition coefficient (Wildman–Crippen LogP) is 3.12. The largest absolute Gasteiger partial charge is 0.334 e. The fourth-order valence-corrected chi connectivity index (χ4v) is 3.86. The number of hydrogen-bond donors (Lipinski definition) is 0. The normalized spacial score (nSPS) is 13.1. The highest BCUT2D eigenvalue weighted by Gasteiger charge is 2.29. The molecule has 0 fully saturated rings. The molecule has 0 N–H and O–H groups in total. The first kappa shape index (κ1) is 19.0. The van der Waals surface area contributed by atoms with Crippen LogP contribution in [0.2, 0.25) is 0 Å². The van der Waals surface area contributed by atoms with Crippen LogP contribution >= 0.6 is 0 Å². The van der Waals surface area contributed by atoms with E-state index in [-0.39, 0.29) is 11.7 Å². The SMILES string of the molecule is O=C(c1cccnc1)N1CCc2c(c(-c3ncccn3)nn2Cc2ccccc2F)C1. The summed E-state index contributed by atoms with van der Waals surface area (Å²) in [5, 5.41) is 4.74. The van der Waals surface area contributed by atoms with Crippen LogP contribution in [0.4, 0.5) is 4.39 Å². The maximum Gasteiger partial charge on any atom is 0.255 e. The number of rotatable bonds is 4. The lowest BCUT2D eigenvalue weighted by Gasteiger charge is -2.28. The Hall–Kier alpha value is -3.94. The van der Waals surface area contributed by atoms with Gasteiger partial charge in [-0.2, -0.15) is 5.10 Å². The van der Waals surface area contributed by atoms with Crippen LogP contribution in [0, 0.1) is 5.82 Å². The van der Waals surface area contributed by atoms with E-state index in [0.29, 0.717) is 48.7 Å². The summed E-state index contributed by atoms with van der Waals surface area (Å²) in [5.41, 5.74) is 3.59. The molecule has 31 heavy (non-hydrogen) atoms. The van der Waals surface area contributed by atoms with Gasteiger partial charge in [-0.25, -0.2) is 14.4 Å². The van der Waals surface area contributed by atoms with Crippen LogP contribution in [-0.4, -0.2) is 42.1 Å². The van der Waals surface area contributed by atoms with Gasteiger partial charge in [-0.05, 0) is 24.3 Å². The third kappa shape index (κ3) is 3.68. The Bertz CT molecular complexity index is 1230. The number of benzene rings is 1. The summed E-state index contributed by atoms with van der Waals surface area (Å²) < 4.78 is 16.1. The minimum Gasteiger partial charge on any atom is -0.334 e. The first-order valence-electron chi connectivity index (χ1n) is 9.99. The second-order valence-corrected chi connectivity index (χ2v) is 7.31. The molecule has 5 rings (SSSR count). The van der Waals surface area contributed by atoms with Crippen LogP contribution in [0.3, 0.4) is 0 Å². The second-order valence-electron chi connectivity index (χ2n) is 7.31. The smallest absolute Gasteiger partial charge is 0.255 e. The van der Waals surface area contributed by atoms with Gasteiger partial charge < -0.3 is 4.90 Å². The topological polar surface area (TPSA) is 76.8 Å². The summed E-state index contributed by atoms with van der Waals surface area (Å²) in [6.07, 6.45) is 7.14. The minimum atomic E-state index is -0.270. The molecule has 154 valence electrons. The molecule has 0 radical (unpaired) electrons. The van der Waals surface area contributed by atoms with Crippen molar-refractivity contribution >= 4 is 5.91 Å². The van der Waals surface area contributed by atoms with Crippen LogP contribution in [0.15, 0.2) is 67.3 Å². The van der Waals surface area contributed by atoms with Gasteiger partial charge in [0.25, 0.3) is 5.91 Å². The van der Waals surface area contributed by atoms with Crippen molar-refractivity contribution in [3.05, 3.63) is 95.5 Å². The van der Waals surface area contributed by atoms with E-state index in [1.807, 2.05) is 10.7 Å². The molecule has 0 aliphatic carbocycles. The van der Waals surface area contributed by atoms with Crippen molar-refractivity contribution in [1.29, 1.82) is 0 Å². The molecule has 1 amide bonds. The fraction of sp³-hybridized carbons (Fsp3) is 0.174. The van der Waals surface area contributed by atoms with E-state index >= 15 is 0 Å². The molecule has 1 aliphatic rings. The number of carbonyl (C=O) groups is 1. The zero-order valence-corrected chi connectivity index (χ0v) is 16.6. The van der Waals surface area contributed by atoms with Gasteiger partial charge >= 0.3 is 0 Å². The number of halogens is 1. The van der Waals surface area contributed by atoms with Crippen molar-refractivity contribution in [1.82, 2.24) is 29.6 Å². The van der Waals surface area contributed by atoms with E-state index in [1.165, 1.54) is 6.07 Å².